The van der Waals surface area contributed by atoms with Gasteiger partial charge >= 0.3 is 5.97 Å². The predicted octanol–water partition coefficient (Wildman–Crippen LogP) is 3.46. The van der Waals surface area contributed by atoms with Crippen LogP contribution in [0.3, 0.4) is 0 Å². The molecule has 146 valence electrons. The van der Waals surface area contributed by atoms with Crippen molar-refractivity contribution in [3.63, 3.8) is 0 Å². The van der Waals surface area contributed by atoms with Gasteiger partial charge in [-0.05, 0) is 67.1 Å². The van der Waals surface area contributed by atoms with Crippen LogP contribution in [-0.4, -0.2) is 35.0 Å². The zero-order valence-electron chi connectivity index (χ0n) is 16.4. The van der Waals surface area contributed by atoms with Crippen LogP contribution in [0.4, 0.5) is 0 Å². The number of rotatable bonds is 2. The quantitative estimate of drug-likeness (QED) is 0.583. The first-order chi connectivity index (χ1) is 12.3. The Morgan fingerprint density at radius 2 is 2.04 bits per heavy atom. The van der Waals surface area contributed by atoms with Crippen LogP contribution < -0.4 is 0 Å². The van der Waals surface area contributed by atoms with E-state index in [9.17, 15) is 15.0 Å². The number of allylic oxidation sites excluding steroid dienone is 1. The number of carbonyl (C=O) groups is 1. The van der Waals surface area contributed by atoms with Crippen LogP contribution in [0.5, 0.6) is 0 Å². The molecule has 0 amide bonds. The number of aliphatic hydroxyl groups excluding tert-OH is 2. The molecule has 4 nitrogen and oxygen atoms in total. The summed E-state index contributed by atoms with van der Waals surface area (Å²) in [7, 11) is 0. The van der Waals surface area contributed by atoms with Crippen molar-refractivity contribution in [2.75, 3.05) is 6.61 Å². The molecule has 0 bridgehead atoms. The number of aliphatic hydroxyl groups is 2. The lowest BCUT2D eigenvalue weighted by Crippen LogP contribution is -2.51. The number of hydrogen-bond acceptors (Lipinski definition) is 4. The molecule has 0 heterocycles. The zero-order chi connectivity index (χ0) is 18.7. The second-order valence-corrected chi connectivity index (χ2v) is 9.90. The summed E-state index contributed by atoms with van der Waals surface area (Å²) in [5, 5.41) is 20.5. The Bertz CT molecular complexity index is 613. The molecular formula is C22H34O4. The lowest BCUT2D eigenvalue weighted by molar-refractivity contribution is -0.148. The highest BCUT2D eigenvalue weighted by atomic mass is 16.5. The first kappa shape index (κ1) is 18.5. The van der Waals surface area contributed by atoms with Gasteiger partial charge in [0.05, 0.1) is 6.10 Å². The topological polar surface area (TPSA) is 66.8 Å². The Labute approximate surface area is 157 Å². The first-order valence-corrected chi connectivity index (χ1v) is 10.4. The third kappa shape index (κ3) is 2.59. The van der Waals surface area contributed by atoms with E-state index in [1.807, 2.05) is 0 Å². The van der Waals surface area contributed by atoms with Crippen molar-refractivity contribution < 1.29 is 19.7 Å². The van der Waals surface area contributed by atoms with Gasteiger partial charge in [-0.15, -0.1) is 0 Å². The fourth-order valence-corrected chi connectivity index (χ4v) is 7.29. The van der Waals surface area contributed by atoms with E-state index < -0.39 is 0 Å². The largest absolute Gasteiger partial charge is 0.462 e. The maximum atomic E-state index is 11.3. The van der Waals surface area contributed by atoms with Gasteiger partial charge < -0.3 is 14.9 Å². The Morgan fingerprint density at radius 1 is 1.27 bits per heavy atom. The van der Waals surface area contributed by atoms with Gasteiger partial charge in [0.15, 0.2) is 0 Å². The molecule has 3 fully saturated rings. The fourth-order valence-electron chi connectivity index (χ4n) is 7.29. The summed E-state index contributed by atoms with van der Waals surface area (Å²) < 4.78 is 5.51. The van der Waals surface area contributed by atoms with E-state index in [0.29, 0.717) is 17.8 Å². The van der Waals surface area contributed by atoms with Crippen LogP contribution >= 0.6 is 0 Å². The number of ether oxygens (including phenoxy) is 1. The smallest absolute Gasteiger partial charge is 0.302 e. The molecule has 4 heteroatoms. The van der Waals surface area contributed by atoms with E-state index in [1.165, 1.54) is 18.9 Å². The second kappa shape index (κ2) is 6.34. The highest BCUT2D eigenvalue weighted by Gasteiger charge is 2.60. The van der Waals surface area contributed by atoms with Gasteiger partial charge in [0.25, 0.3) is 0 Å². The van der Waals surface area contributed by atoms with Gasteiger partial charge in [0.1, 0.15) is 6.10 Å². The molecule has 0 aromatic carbocycles. The minimum Gasteiger partial charge on any atom is -0.462 e. The van der Waals surface area contributed by atoms with E-state index in [-0.39, 0.29) is 41.5 Å². The van der Waals surface area contributed by atoms with Crippen LogP contribution in [-0.2, 0) is 9.53 Å². The van der Waals surface area contributed by atoms with Gasteiger partial charge in [-0.3, -0.25) is 4.79 Å². The second-order valence-electron chi connectivity index (χ2n) is 9.90. The van der Waals surface area contributed by atoms with Crippen LogP contribution in [0, 0.1) is 34.5 Å². The van der Waals surface area contributed by atoms with E-state index >= 15 is 0 Å². The van der Waals surface area contributed by atoms with Crippen molar-refractivity contribution in [1.29, 1.82) is 0 Å². The van der Waals surface area contributed by atoms with Gasteiger partial charge in [0.2, 0.25) is 0 Å². The molecule has 3 saturated carbocycles. The highest BCUT2D eigenvalue weighted by Crippen LogP contribution is 2.65. The summed E-state index contributed by atoms with van der Waals surface area (Å²) in [6.07, 6.45) is 9.32. The Hall–Kier alpha value is -0.870. The monoisotopic (exact) mass is 362 g/mol. The minimum absolute atomic E-state index is 0.0365. The van der Waals surface area contributed by atoms with E-state index in [4.69, 9.17) is 4.74 Å². The average molecular weight is 363 g/mol. The molecule has 4 rings (SSSR count). The minimum atomic E-state index is -0.365. The normalized spacial score (nSPS) is 50.3. The van der Waals surface area contributed by atoms with Gasteiger partial charge in [0, 0.05) is 25.9 Å². The lowest BCUT2D eigenvalue weighted by atomic mass is 9.48. The fraction of sp³-hybridized carbons (Fsp3) is 0.864. The molecule has 4 aliphatic rings. The molecular weight excluding hydrogens is 328 g/mol. The molecule has 26 heavy (non-hydrogen) atoms. The van der Waals surface area contributed by atoms with Crippen molar-refractivity contribution in [1.82, 2.24) is 0 Å². The third-order valence-corrected chi connectivity index (χ3v) is 8.74. The summed E-state index contributed by atoms with van der Waals surface area (Å²) in [4.78, 5) is 11.3. The highest BCUT2D eigenvalue weighted by molar-refractivity contribution is 5.66. The lowest BCUT2D eigenvalue weighted by Gasteiger charge is -2.57. The van der Waals surface area contributed by atoms with Gasteiger partial charge in [-0.1, -0.05) is 25.5 Å². The summed E-state index contributed by atoms with van der Waals surface area (Å²) in [6.45, 7) is 6.29. The van der Waals surface area contributed by atoms with Crippen LogP contribution in [0.1, 0.15) is 65.7 Å². The van der Waals surface area contributed by atoms with Crippen molar-refractivity contribution in [2.45, 2.75) is 77.9 Å². The number of hydrogen-bond donors (Lipinski definition) is 2. The van der Waals surface area contributed by atoms with E-state index in [2.05, 4.69) is 19.9 Å². The van der Waals surface area contributed by atoms with Crippen LogP contribution in [0.2, 0.25) is 0 Å². The van der Waals surface area contributed by atoms with Crippen LogP contribution in [0.15, 0.2) is 11.6 Å². The molecule has 0 spiro atoms. The summed E-state index contributed by atoms with van der Waals surface area (Å²) in [6, 6.07) is 0. The van der Waals surface area contributed by atoms with Crippen molar-refractivity contribution in [2.24, 2.45) is 34.5 Å². The first-order valence-electron chi connectivity index (χ1n) is 10.4. The molecule has 0 radical (unpaired) electrons. The van der Waals surface area contributed by atoms with Crippen molar-refractivity contribution in [3.05, 3.63) is 11.6 Å². The molecule has 0 aromatic heterocycles. The Balaban J connectivity index is 1.59. The third-order valence-electron chi connectivity index (χ3n) is 8.74. The van der Waals surface area contributed by atoms with E-state index in [1.54, 1.807) is 0 Å². The average Bonchev–Trinajstić information content (AvgIpc) is 2.86. The van der Waals surface area contributed by atoms with E-state index in [0.717, 1.165) is 38.5 Å². The summed E-state index contributed by atoms with van der Waals surface area (Å²) in [5.41, 5.74) is 1.67. The van der Waals surface area contributed by atoms with Crippen LogP contribution in [0.25, 0.3) is 0 Å². The van der Waals surface area contributed by atoms with Crippen molar-refractivity contribution in [3.8, 4) is 0 Å². The molecule has 0 saturated heterocycles. The molecule has 0 aliphatic heterocycles. The standard InChI is InChI=1S/C22H34O4/c1-13(24)26-16-6-8-21(2)15(11-16)4-5-17-18(21)7-9-22(3)19(17)10-14(12-23)20(22)25/h4,14,16-20,23,25H,5-12H2,1-3H3/t14-,16+,17-,18+,19+,20+,21+,22+/m1/s1. The number of esters is 1. The Kier molecular flexibility index (Phi) is 4.51. The summed E-state index contributed by atoms with van der Waals surface area (Å²) >= 11 is 0. The number of carbonyl (C=O) groups excluding carboxylic acids is 1. The maximum absolute atomic E-state index is 11.3. The number of fused-ring (bicyclic) bond motifs is 5. The molecule has 4 aliphatic carbocycles. The maximum Gasteiger partial charge on any atom is 0.302 e. The molecule has 2 N–H and O–H groups in total. The van der Waals surface area contributed by atoms with Gasteiger partial charge in [-0.25, -0.2) is 0 Å². The Morgan fingerprint density at radius 3 is 2.73 bits per heavy atom. The molecule has 0 unspecified atom stereocenters. The van der Waals surface area contributed by atoms with Crippen molar-refractivity contribution >= 4 is 5.97 Å². The SMILES string of the molecule is CC(=O)O[C@H]1CC[C@@]2(C)C(=CC[C@H]3[C@@H]4C[C@H](CO)[C@H](O)[C@@]4(C)CC[C@@H]32)C1. The summed E-state index contributed by atoms with van der Waals surface area (Å²) in [5.74, 6) is 1.65. The zero-order valence-corrected chi connectivity index (χ0v) is 16.4. The molecule has 0 aromatic rings. The predicted molar refractivity (Wildman–Crippen MR) is 99.2 cm³/mol. The van der Waals surface area contributed by atoms with Gasteiger partial charge in [-0.2, -0.15) is 0 Å². The molecule has 8 atom stereocenters.